The summed E-state index contributed by atoms with van der Waals surface area (Å²) in [5, 5.41) is 51.0. The normalized spacial score (nSPS) is 12.0. The Morgan fingerprint density at radius 1 is 0.756 bits per heavy atom. The lowest BCUT2D eigenvalue weighted by molar-refractivity contribution is -0.139. The molecule has 41 heavy (non-hydrogen) atoms. The first kappa shape index (κ1) is 40.6. The van der Waals surface area contributed by atoms with E-state index in [1.165, 1.54) is 44.9 Å². The Balaban J connectivity index is 0. The van der Waals surface area contributed by atoms with Crippen molar-refractivity contribution >= 4 is 11.9 Å². The Kier molecular flexibility index (Phi) is 28.7. The molecule has 1 atom stereocenters. The molecule has 0 fully saturated rings. The van der Waals surface area contributed by atoms with Gasteiger partial charge in [-0.25, -0.2) is 0 Å². The number of unbranched alkanes of at least 4 members (excludes halogenated alkanes) is 8. The second-order valence-corrected chi connectivity index (χ2v) is 10.1. The van der Waals surface area contributed by atoms with Gasteiger partial charge in [-0.15, -0.1) is 0 Å². The van der Waals surface area contributed by atoms with E-state index in [2.05, 4.69) is 31.2 Å². The first-order chi connectivity index (χ1) is 19.7. The molecule has 0 aliphatic heterocycles. The summed E-state index contributed by atoms with van der Waals surface area (Å²) in [7, 11) is 0. The number of aliphatic hydroxyl groups is 4. The molecule has 0 aliphatic carbocycles. The molecule has 0 aromatic heterocycles. The molecule has 0 spiro atoms. The molecule has 8 N–H and O–H groups in total. The zero-order chi connectivity index (χ0) is 31.2. The molecule has 0 radical (unpaired) electrons. The quantitative estimate of drug-likeness (QED) is 0.0814. The number of rotatable bonds is 21. The lowest BCUT2D eigenvalue weighted by Crippen LogP contribution is -2.37. The molecule has 1 aromatic carbocycles. The first-order valence-corrected chi connectivity index (χ1v) is 14.7. The minimum absolute atomic E-state index is 0.324. The standard InChI is InChI=1S/C18H32O2.C9H11NO2.C5H12O4/c1-2-3-4-5-6-7-8-9-10-11-12-13-14-15-16-17-18(19)20;10-8(9(11)12)6-7-4-2-1-3-5-7;6-1-5(2-7,3-8)4-9/h6-7,9-10H,2-5,8,11-17H2,1H3,(H,19,20);1-5,8H,6,10H2,(H,11,12);6-9H,1-4H2/b7-6-,10-9-;;. The number of hydrogen-bond donors (Lipinski definition) is 7. The Morgan fingerprint density at radius 2 is 1.24 bits per heavy atom. The zero-order valence-electron chi connectivity index (χ0n) is 24.9. The second-order valence-electron chi connectivity index (χ2n) is 10.1. The lowest BCUT2D eigenvalue weighted by Gasteiger charge is -2.23. The molecular weight excluding hydrogens is 526 g/mol. The maximum atomic E-state index is 10.4. The SMILES string of the molecule is CCCCC/C=C\C/C=C\CCCCCCCC(=O)O.NC(Cc1ccccc1)C(=O)O.OCC(CO)(CO)CO. The summed E-state index contributed by atoms with van der Waals surface area (Å²) in [6.07, 6.45) is 22.7. The highest BCUT2D eigenvalue weighted by Crippen LogP contribution is 2.12. The second kappa shape index (κ2) is 29.0. The third-order valence-corrected chi connectivity index (χ3v) is 6.30. The third-order valence-electron chi connectivity index (χ3n) is 6.30. The smallest absolute Gasteiger partial charge is 0.320 e. The van der Waals surface area contributed by atoms with Crippen molar-refractivity contribution in [3.8, 4) is 0 Å². The van der Waals surface area contributed by atoms with Gasteiger partial charge in [0.15, 0.2) is 0 Å². The van der Waals surface area contributed by atoms with Crippen LogP contribution in [0.3, 0.4) is 0 Å². The summed E-state index contributed by atoms with van der Waals surface area (Å²) in [6.45, 7) is 0.610. The summed E-state index contributed by atoms with van der Waals surface area (Å²) in [4.78, 5) is 20.7. The highest BCUT2D eigenvalue weighted by Gasteiger charge is 2.26. The van der Waals surface area contributed by atoms with Crippen LogP contribution in [0.15, 0.2) is 54.6 Å². The number of carboxylic acids is 2. The predicted molar refractivity (Wildman–Crippen MR) is 164 cm³/mol. The number of carbonyl (C=O) groups is 2. The van der Waals surface area contributed by atoms with E-state index in [4.69, 9.17) is 36.4 Å². The highest BCUT2D eigenvalue weighted by molar-refractivity contribution is 5.73. The molecule has 0 saturated carbocycles. The molecule has 9 nitrogen and oxygen atoms in total. The van der Waals surface area contributed by atoms with Crippen LogP contribution in [0.25, 0.3) is 0 Å². The van der Waals surface area contributed by atoms with Gasteiger partial charge in [0.25, 0.3) is 0 Å². The van der Waals surface area contributed by atoms with Gasteiger partial charge in [-0.1, -0.05) is 93.7 Å². The van der Waals surface area contributed by atoms with E-state index in [1.807, 2.05) is 30.3 Å². The average molecular weight is 582 g/mol. The van der Waals surface area contributed by atoms with Crippen molar-refractivity contribution in [2.24, 2.45) is 11.1 Å². The van der Waals surface area contributed by atoms with Crippen LogP contribution in [-0.4, -0.2) is 75.0 Å². The monoisotopic (exact) mass is 581 g/mol. The van der Waals surface area contributed by atoms with Gasteiger partial charge in [-0.2, -0.15) is 0 Å². The van der Waals surface area contributed by atoms with Crippen LogP contribution in [-0.2, 0) is 16.0 Å². The van der Waals surface area contributed by atoms with Gasteiger partial charge in [-0.3, -0.25) is 9.59 Å². The van der Waals surface area contributed by atoms with Crippen LogP contribution in [0.5, 0.6) is 0 Å². The summed E-state index contributed by atoms with van der Waals surface area (Å²) in [6, 6.07) is 8.54. The Labute approximate surface area is 246 Å². The number of aliphatic carboxylic acids is 2. The van der Waals surface area contributed by atoms with Gasteiger partial charge in [0.2, 0.25) is 0 Å². The van der Waals surface area contributed by atoms with Crippen LogP contribution in [0.1, 0.15) is 89.5 Å². The topological polar surface area (TPSA) is 182 Å². The molecule has 0 bridgehead atoms. The maximum absolute atomic E-state index is 10.4. The summed E-state index contributed by atoms with van der Waals surface area (Å²) < 4.78 is 0. The summed E-state index contributed by atoms with van der Waals surface area (Å²) in [5.74, 6) is -1.63. The number of hydrogen-bond acceptors (Lipinski definition) is 7. The number of benzene rings is 1. The minimum Gasteiger partial charge on any atom is -0.481 e. The molecule has 0 heterocycles. The van der Waals surface area contributed by atoms with E-state index in [0.717, 1.165) is 31.2 Å². The van der Waals surface area contributed by atoms with Gasteiger partial charge in [0.1, 0.15) is 6.04 Å². The van der Waals surface area contributed by atoms with Crippen molar-refractivity contribution in [2.45, 2.75) is 96.4 Å². The van der Waals surface area contributed by atoms with Gasteiger partial charge in [0.05, 0.1) is 31.8 Å². The number of aliphatic hydroxyl groups excluding tert-OH is 4. The van der Waals surface area contributed by atoms with E-state index in [1.54, 1.807) is 0 Å². The van der Waals surface area contributed by atoms with Crippen molar-refractivity contribution in [2.75, 3.05) is 26.4 Å². The van der Waals surface area contributed by atoms with Gasteiger partial charge < -0.3 is 36.4 Å². The van der Waals surface area contributed by atoms with E-state index < -0.39 is 49.8 Å². The van der Waals surface area contributed by atoms with E-state index in [0.29, 0.717) is 12.8 Å². The van der Waals surface area contributed by atoms with Crippen LogP contribution in [0, 0.1) is 5.41 Å². The molecule has 0 saturated heterocycles. The van der Waals surface area contributed by atoms with Crippen molar-refractivity contribution in [3.63, 3.8) is 0 Å². The molecule has 0 aliphatic rings. The number of allylic oxidation sites excluding steroid dienone is 4. The maximum Gasteiger partial charge on any atom is 0.320 e. The van der Waals surface area contributed by atoms with Gasteiger partial charge in [0, 0.05) is 6.42 Å². The highest BCUT2D eigenvalue weighted by atomic mass is 16.4. The van der Waals surface area contributed by atoms with Gasteiger partial charge in [-0.05, 0) is 50.5 Å². The number of carboxylic acid groups (broad SMARTS) is 2. The predicted octanol–water partition coefficient (Wildman–Crippen LogP) is 4.47. The molecule has 1 unspecified atom stereocenters. The van der Waals surface area contributed by atoms with E-state index in [9.17, 15) is 9.59 Å². The van der Waals surface area contributed by atoms with Crippen molar-refractivity contribution in [1.82, 2.24) is 0 Å². The first-order valence-electron chi connectivity index (χ1n) is 14.7. The molecule has 0 amide bonds. The Bertz CT molecular complexity index is 777. The molecule has 236 valence electrons. The van der Waals surface area contributed by atoms with Crippen molar-refractivity contribution in [1.29, 1.82) is 0 Å². The Morgan fingerprint density at radius 3 is 1.68 bits per heavy atom. The lowest BCUT2D eigenvalue weighted by atomic mass is 9.93. The third kappa shape index (κ3) is 26.1. The minimum atomic E-state index is -1.11. The van der Waals surface area contributed by atoms with Crippen LogP contribution >= 0.6 is 0 Å². The summed E-state index contributed by atoms with van der Waals surface area (Å²) >= 11 is 0. The summed E-state index contributed by atoms with van der Waals surface area (Å²) in [5.41, 5.74) is 5.19. The molecule has 1 rings (SSSR count). The fraction of sp³-hybridized carbons (Fsp3) is 0.625. The van der Waals surface area contributed by atoms with Crippen LogP contribution in [0.2, 0.25) is 0 Å². The van der Waals surface area contributed by atoms with E-state index >= 15 is 0 Å². The van der Waals surface area contributed by atoms with Crippen LogP contribution in [0.4, 0.5) is 0 Å². The Hall–Kier alpha value is -2.56. The van der Waals surface area contributed by atoms with Crippen LogP contribution < -0.4 is 5.73 Å². The zero-order valence-corrected chi connectivity index (χ0v) is 24.9. The molecule has 9 heteroatoms. The van der Waals surface area contributed by atoms with E-state index in [-0.39, 0.29) is 0 Å². The number of nitrogens with two attached hydrogens (primary N) is 1. The van der Waals surface area contributed by atoms with Gasteiger partial charge >= 0.3 is 11.9 Å². The largest absolute Gasteiger partial charge is 0.481 e. The fourth-order valence-corrected chi connectivity index (χ4v) is 3.34. The van der Waals surface area contributed by atoms with Crippen molar-refractivity contribution < 1.29 is 40.2 Å². The molecule has 1 aromatic rings. The fourth-order valence-electron chi connectivity index (χ4n) is 3.34. The average Bonchev–Trinajstić information content (AvgIpc) is 2.97. The van der Waals surface area contributed by atoms with Crippen molar-refractivity contribution in [3.05, 3.63) is 60.2 Å². The molecular formula is C32H55NO8.